The van der Waals surface area contributed by atoms with Gasteiger partial charge in [-0.2, -0.15) is 0 Å². The molecule has 45 heavy (non-hydrogen) atoms. The van der Waals surface area contributed by atoms with E-state index in [9.17, 15) is 4.79 Å². The Morgan fingerprint density at radius 3 is 1.38 bits per heavy atom. The Bertz CT molecular complexity index is 573. The molecule has 0 amide bonds. The lowest BCUT2D eigenvalue weighted by atomic mass is 10.0. The van der Waals surface area contributed by atoms with Crippen LogP contribution in [0.3, 0.4) is 0 Å². The van der Waals surface area contributed by atoms with E-state index in [4.69, 9.17) is 4.74 Å². The summed E-state index contributed by atoms with van der Waals surface area (Å²) in [4.78, 5) is 15.0. The highest BCUT2D eigenvalue weighted by atomic mass is 33.1. The Labute approximate surface area is 292 Å². The standard InChI is InChI=1S/C40H81NO2S2/c1-6-9-12-15-18-22-27-33-39(45-44-37-30-36-41(4)5)34-28-23-19-24-29-35-40(42)43-38(31-25-20-16-13-10-7-2)32-26-21-17-14-11-8-3/h38-39H,6-37H2,1-5H3. The van der Waals surface area contributed by atoms with Gasteiger partial charge < -0.3 is 9.64 Å². The summed E-state index contributed by atoms with van der Waals surface area (Å²) >= 11 is 0. The lowest BCUT2D eigenvalue weighted by Crippen LogP contribution is -2.18. The zero-order valence-corrected chi connectivity index (χ0v) is 33.0. The van der Waals surface area contributed by atoms with Crippen LogP contribution in [0.15, 0.2) is 0 Å². The highest BCUT2D eigenvalue weighted by Crippen LogP contribution is 2.34. The normalized spacial score (nSPS) is 12.4. The molecular formula is C40H81NO2S2. The third kappa shape index (κ3) is 35.3. The number of rotatable bonds is 37. The maximum Gasteiger partial charge on any atom is 0.306 e. The molecule has 0 aliphatic heterocycles. The fraction of sp³-hybridized carbons (Fsp3) is 0.975. The summed E-state index contributed by atoms with van der Waals surface area (Å²) in [6.45, 7) is 8.05. The van der Waals surface area contributed by atoms with Crippen molar-refractivity contribution < 1.29 is 9.53 Å². The van der Waals surface area contributed by atoms with E-state index in [2.05, 4.69) is 61.4 Å². The van der Waals surface area contributed by atoms with E-state index in [1.54, 1.807) is 0 Å². The van der Waals surface area contributed by atoms with E-state index in [-0.39, 0.29) is 12.1 Å². The summed E-state index contributed by atoms with van der Waals surface area (Å²) in [5, 5.41) is 0.815. The van der Waals surface area contributed by atoms with E-state index in [1.165, 1.54) is 179 Å². The molecule has 0 aromatic rings. The molecule has 0 N–H and O–H groups in total. The van der Waals surface area contributed by atoms with Gasteiger partial charge in [-0.3, -0.25) is 4.79 Å². The Morgan fingerprint density at radius 1 is 0.533 bits per heavy atom. The summed E-state index contributed by atoms with van der Waals surface area (Å²) in [6.07, 6.45) is 38.6. The monoisotopic (exact) mass is 672 g/mol. The van der Waals surface area contributed by atoms with Crippen molar-refractivity contribution >= 4 is 27.6 Å². The molecule has 1 unspecified atom stereocenters. The quantitative estimate of drug-likeness (QED) is 0.0372. The van der Waals surface area contributed by atoms with Crippen molar-refractivity contribution in [1.82, 2.24) is 4.90 Å². The van der Waals surface area contributed by atoms with Crippen LogP contribution < -0.4 is 0 Å². The Hall–Kier alpha value is 0.130. The van der Waals surface area contributed by atoms with Crippen molar-refractivity contribution in [3.63, 3.8) is 0 Å². The van der Waals surface area contributed by atoms with Crippen LogP contribution in [0.4, 0.5) is 0 Å². The van der Waals surface area contributed by atoms with Gasteiger partial charge in [-0.15, -0.1) is 0 Å². The first kappa shape index (κ1) is 45.1. The smallest absolute Gasteiger partial charge is 0.306 e. The predicted octanol–water partition coefficient (Wildman–Crippen LogP) is 14.0. The van der Waals surface area contributed by atoms with Crippen LogP contribution >= 0.6 is 21.6 Å². The molecule has 0 saturated carbocycles. The first-order valence-corrected chi connectivity index (χ1v) is 22.5. The molecule has 0 heterocycles. The van der Waals surface area contributed by atoms with Gasteiger partial charge in [0, 0.05) is 17.4 Å². The lowest BCUT2D eigenvalue weighted by molar-refractivity contribution is -0.150. The summed E-state index contributed by atoms with van der Waals surface area (Å²) in [5.74, 6) is 1.33. The minimum Gasteiger partial charge on any atom is -0.462 e. The second-order valence-electron chi connectivity index (χ2n) is 14.1. The third-order valence-electron chi connectivity index (χ3n) is 9.13. The number of nitrogens with zero attached hydrogens (tertiary/aromatic N) is 1. The molecule has 0 rings (SSSR count). The van der Waals surface area contributed by atoms with Gasteiger partial charge in [-0.05, 0) is 72.0 Å². The molecule has 0 fully saturated rings. The first-order chi connectivity index (χ1) is 22.0. The van der Waals surface area contributed by atoms with Crippen molar-refractivity contribution in [2.24, 2.45) is 0 Å². The number of esters is 1. The Kier molecular flexibility index (Phi) is 37.1. The molecule has 0 spiro atoms. The van der Waals surface area contributed by atoms with Gasteiger partial charge in [0.25, 0.3) is 0 Å². The number of unbranched alkanes of at least 4 members (excludes halogenated alkanes) is 20. The molecule has 270 valence electrons. The van der Waals surface area contributed by atoms with Crippen molar-refractivity contribution in [3.8, 4) is 0 Å². The van der Waals surface area contributed by atoms with Gasteiger partial charge in [0.15, 0.2) is 0 Å². The van der Waals surface area contributed by atoms with Gasteiger partial charge in [0.1, 0.15) is 6.10 Å². The lowest BCUT2D eigenvalue weighted by Gasteiger charge is -2.18. The molecule has 0 aliphatic rings. The Morgan fingerprint density at radius 2 is 0.933 bits per heavy atom. The molecule has 0 aromatic carbocycles. The summed E-state index contributed by atoms with van der Waals surface area (Å²) in [5.41, 5.74) is 0. The van der Waals surface area contributed by atoms with Crippen LogP contribution in [0.25, 0.3) is 0 Å². The highest BCUT2D eigenvalue weighted by molar-refractivity contribution is 8.76. The second-order valence-corrected chi connectivity index (χ2v) is 16.9. The zero-order valence-electron chi connectivity index (χ0n) is 31.4. The van der Waals surface area contributed by atoms with Crippen LogP contribution in [0, 0.1) is 0 Å². The van der Waals surface area contributed by atoms with Crippen LogP contribution in [0.1, 0.15) is 213 Å². The van der Waals surface area contributed by atoms with Gasteiger partial charge >= 0.3 is 5.97 Å². The predicted molar refractivity (Wildman–Crippen MR) is 208 cm³/mol. The average molecular weight is 672 g/mol. The number of carbonyl (C=O) groups is 1. The number of hydrogen-bond acceptors (Lipinski definition) is 5. The van der Waals surface area contributed by atoms with E-state index < -0.39 is 0 Å². The fourth-order valence-corrected chi connectivity index (χ4v) is 9.00. The fourth-order valence-electron chi connectivity index (χ4n) is 6.14. The molecule has 0 aliphatic carbocycles. The van der Waals surface area contributed by atoms with Crippen molar-refractivity contribution in [2.45, 2.75) is 225 Å². The molecule has 0 aromatic heterocycles. The van der Waals surface area contributed by atoms with Crippen molar-refractivity contribution in [2.75, 3.05) is 26.4 Å². The van der Waals surface area contributed by atoms with Crippen LogP contribution in [0.2, 0.25) is 0 Å². The zero-order chi connectivity index (χ0) is 33.1. The first-order valence-electron chi connectivity index (χ1n) is 20.2. The molecule has 0 radical (unpaired) electrons. The maximum absolute atomic E-state index is 12.7. The number of ether oxygens (including phenoxy) is 1. The SMILES string of the molecule is CCCCCCCCCC(CCCCCCCC(=O)OC(CCCCCCCC)CCCCCCCC)SSCCCN(C)C. The summed E-state index contributed by atoms with van der Waals surface area (Å²) in [7, 11) is 8.65. The largest absolute Gasteiger partial charge is 0.462 e. The van der Waals surface area contributed by atoms with Crippen LogP contribution in [0.5, 0.6) is 0 Å². The van der Waals surface area contributed by atoms with Gasteiger partial charge in [-0.1, -0.05) is 177 Å². The third-order valence-corrected chi connectivity index (χ3v) is 12.2. The minimum absolute atomic E-state index is 0.0643. The van der Waals surface area contributed by atoms with Gasteiger partial charge in [-0.25, -0.2) is 0 Å². The highest BCUT2D eigenvalue weighted by Gasteiger charge is 2.15. The van der Waals surface area contributed by atoms with E-state index >= 15 is 0 Å². The Balaban J connectivity index is 4.25. The minimum atomic E-state index is 0.0643. The molecular weight excluding hydrogens is 591 g/mol. The molecule has 5 heteroatoms. The molecule has 0 bridgehead atoms. The maximum atomic E-state index is 12.7. The van der Waals surface area contributed by atoms with Gasteiger partial charge in [0.05, 0.1) is 0 Å². The number of carbonyl (C=O) groups excluding carboxylic acids is 1. The van der Waals surface area contributed by atoms with Crippen molar-refractivity contribution in [1.29, 1.82) is 0 Å². The molecule has 3 nitrogen and oxygen atoms in total. The topological polar surface area (TPSA) is 29.5 Å². The summed E-state index contributed by atoms with van der Waals surface area (Å²) in [6, 6.07) is 0. The van der Waals surface area contributed by atoms with E-state index in [0.29, 0.717) is 6.42 Å². The van der Waals surface area contributed by atoms with Crippen molar-refractivity contribution in [3.05, 3.63) is 0 Å². The van der Waals surface area contributed by atoms with Crippen LogP contribution in [-0.2, 0) is 9.53 Å². The van der Waals surface area contributed by atoms with E-state index in [0.717, 1.165) is 24.5 Å². The van der Waals surface area contributed by atoms with E-state index in [1.807, 2.05) is 0 Å². The second kappa shape index (κ2) is 37.0. The average Bonchev–Trinajstić information content (AvgIpc) is 3.02. The number of hydrogen-bond donors (Lipinski definition) is 0. The molecule has 1 atom stereocenters. The van der Waals surface area contributed by atoms with Crippen LogP contribution in [-0.4, -0.2) is 48.6 Å². The summed E-state index contributed by atoms with van der Waals surface area (Å²) < 4.78 is 6.06. The molecule has 0 saturated heterocycles. The van der Waals surface area contributed by atoms with Gasteiger partial charge in [0.2, 0.25) is 0 Å².